The minimum absolute atomic E-state index is 0.695. The number of nitrogens with one attached hydrogen (secondary N) is 2. The van der Waals surface area contributed by atoms with E-state index in [9.17, 15) is 0 Å². The number of hydrogen-bond acceptors (Lipinski definition) is 1. The van der Waals surface area contributed by atoms with E-state index in [1.54, 1.807) is 0 Å². The number of halogens is 1. The van der Waals surface area contributed by atoms with Gasteiger partial charge in [0.05, 0.1) is 6.54 Å². The minimum Gasteiger partial charge on any atom is -0.357 e. The SMILES string of the molecule is CCCCNC(=NCc1cccc(Br)c1)NCC. The number of aliphatic imine (C=N–C) groups is 1. The summed E-state index contributed by atoms with van der Waals surface area (Å²) in [6.07, 6.45) is 2.36. The third kappa shape index (κ3) is 6.05. The van der Waals surface area contributed by atoms with Crippen molar-refractivity contribution < 1.29 is 0 Å². The Morgan fingerprint density at radius 1 is 1.28 bits per heavy atom. The zero-order valence-electron chi connectivity index (χ0n) is 11.2. The van der Waals surface area contributed by atoms with Gasteiger partial charge in [0, 0.05) is 17.6 Å². The van der Waals surface area contributed by atoms with Crippen LogP contribution in [0.5, 0.6) is 0 Å². The predicted molar refractivity (Wildman–Crippen MR) is 81.9 cm³/mol. The van der Waals surface area contributed by atoms with E-state index in [1.165, 1.54) is 18.4 Å². The molecule has 3 nitrogen and oxygen atoms in total. The van der Waals surface area contributed by atoms with Gasteiger partial charge in [-0.05, 0) is 31.0 Å². The molecule has 0 saturated carbocycles. The summed E-state index contributed by atoms with van der Waals surface area (Å²) in [7, 11) is 0. The first-order valence-corrected chi connectivity index (χ1v) is 7.32. The van der Waals surface area contributed by atoms with E-state index in [1.807, 2.05) is 12.1 Å². The van der Waals surface area contributed by atoms with Gasteiger partial charge in [0.1, 0.15) is 0 Å². The van der Waals surface area contributed by atoms with E-state index in [2.05, 4.69) is 57.5 Å². The van der Waals surface area contributed by atoms with Gasteiger partial charge >= 0.3 is 0 Å². The lowest BCUT2D eigenvalue weighted by Gasteiger charge is -2.10. The normalized spacial score (nSPS) is 11.4. The van der Waals surface area contributed by atoms with Crippen LogP contribution in [0.1, 0.15) is 32.3 Å². The highest BCUT2D eigenvalue weighted by Gasteiger charge is 1.97. The van der Waals surface area contributed by atoms with Crippen molar-refractivity contribution in [3.8, 4) is 0 Å². The molecular weight excluding hydrogens is 290 g/mol. The van der Waals surface area contributed by atoms with Crippen molar-refractivity contribution in [2.24, 2.45) is 4.99 Å². The minimum atomic E-state index is 0.695. The van der Waals surface area contributed by atoms with E-state index < -0.39 is 0 Å². The molecule has 0 unspecified atom stereocenters. The van der Waals surface area contributed by atoms with Crippen LogP contribution in [0.3, 0.4) is 0 Å². The Labute approximate surface area is 118 Å². The monoisotopic (exact) mass is 311 g/mol. The highest BCUT2D eigenvalue weighted by molar-refractivity contribution is 9.10. The van der Waals surface area contributed by atoms with Crippen LogP contribution in [0.25, 0.3) is 0 Å². The zero-order valence-corrected chi connectivity index (χ0v) is 12.8. The first kappa shape index (κ1) is 15.0. The molecule has 0 heterocycles. The van der Waals surface area contributed by atoms with Crippen molar-refractivity contribution in [1.82, 2.24) is 10.6 Å². The highest BCUT2D eigenvalue weighted by atomic mass is 79.9. The summed E-state index contributed by atoms with van der Waals surface area (Å²) in [4.78, 5) is 4.57. The summed E-state index contributed by atoms with van der Waals surface area (Å²) in [6, 6.07) is 8.24. The van der Waals surface area contributed by atoms with Gasteiger partial charge in [-0.3, -0.25) is 0 Å². The number of hydrogen-bond donors (Lipinski definition) is 2. The van der Waals surface area contributed by atoms with Crippen molar-refractivity contribution in [3.05, 3.63) is 34.3 Å². The smallest absolute Gasteiger partial charge is 0.191 e. The van der Waals surface area contributed by atoms with E-state index >= 15 is 0 Å². The van der Waals surface area contributed by atoms with Crippen LogP contribution in [-0.4, -0.2) is 19.0 Å². The molecule has 100 valence electrons. The van der Waals surface area contributed by atoms with Gasteiger partial charge in [-0.15, -0.1) is 0 Å². The number of benzene rings is 1. The quantitative estimate of drug-likeness (QED) is 0.480. The summed E-state index contributed by atoms with van der Waals surface area (Å²) in [5.41, 5.74) is 1.21. The molecule has 0 aliphatic carbocycles. The largest absolute Gasteiger partial charge is 0.357 e. The number of nitrogens with zero attached hydrogens (tertiary/aromatic N) is 1. The molecular formula is C14H22BrN3. The van der Waals surface area contributed by atoms with Crippen molar-refractivity contribution in [2.45, 2.75) is 33.2 Å². The van der Waals surface area contributed by atoms with Gasteiger partial charge < -0.3 is 10.6 Å². The molecule has 0 aliphatic heterocycles. The topological polar surface area (TPSA) is 36.4 Å². The molecule has 4 heteroatoms. The van der Waals surface area contributed by atoms with Gasteiger partial charge in [0.2, 0.25) is 0 Å². The lowest BCUT2D eigenvalue weighted by atomic mass is 10.2. The fourth-order valence-corrected chi connectivity index (χ4v) is 1.98. The van der Waals surface area contributed by atoms with Gasteiger partial charge in [-0.2, -0.15) is 0 Å². The molecule has 0 fully saturated rings. The molecule has 0 radical (unpaired) electrons. The Bertz CT molecular complexity index is 377. The van der Waals surface area contributed by atoms with Crippen LogP contribution < -0.4 is 10.6 Å². The van der Waals surface area contributed by atoms with E-state index in [4.69, 9.17) is 0 Å². The second-order valence-corrected chi connectivity index (χ2v) is 5.02. The zero-order chi connectivity index (χ0) is 13.2. The average molecular weight is 312 g/mol. The standard InChI is InChI=1S/C14H22BrN3/c1-3-5-9-17-14(16-4-2)18-11-12-7-6-8-13(15)10-12/h6-8,10H,3-5,9,11H2,1-2H3,(H2,16,17,18). The fourth-order valence-electron chi connectivity index (χ4n) is 1.53. The Morgan fingerprint density at radius 3 is 2.78 bits per heavy atom. The van der Waals surface area contributed by atoms with Crippen molar-refractivity contribution >= 4 is 21.9 Å². The molecule has 0 amide bonds. The molecule has 1 rings (SSSR count). The molecule has 0 spiro atoms. The fraction of sp³-hybridized carbons (Fsp3) is 0.500. The summed E-state index contributed by atoms with van der Waals surface area (Å²) < 4.78 is 1.10. The third-order valence-electron chi connectivity index (χ3n) is 2.48. The van der Waals surface area contributed by atoms with Crippen molar-refractivity contribution in [3.63, 3.8) is 0 Å². The first-order valence-electron chi connectivity index (χ1n) is 6.53. The van der Waals surface area contributed by atoms with Gasteiger partial charge in [0.25, 0.3) is 0 Å². The van der Waals surface area contributed by atoms with E-state index in [0.717, 1.165) is 23.5 Å². The molecule has 0 saturated heterocycles. The maximum Gasteiger partial charge on any atom is 0.191 e. The van der Waals surface area contributed by atoms with Crippen LogP contribution >= 0.6 is 15.9 Å². The van der Waals surface area contributed by atoms with E-state index in [-0.39, 0.29) is 0 Å². The molecule has 0 aliphatic rings. The lowest BCUT2D eigenvalue weighted by Crippen LogP contribution is -2.37. The van der Waals surface area contributed by atoms with Gasteiger partial charge in [-0.1, -0.05) is 41.4 Å². The van der Waals surface area contributed by atoms with Crippen LogP contribution in [0.15, 0.2) is 33.7 Å². The molecule has 2 N–H and O–H groups in total. The summed E-state index contributed by atoms with van der Waals surface area (Å²) in [5, 5.41) is 6.59. The molecule has 18 heavy (non-hydrogen) atoms. The predicted octanol–water partition coefficient (Wildman–Crippen LogP) is 3.30. The Balaban J connectivity index is 2.53. The van der Waals surface area contributed by atoms with Crippen LogP contribution in [0.4, 0.5) is 0 Å². The maximum atomic E-state index is 4.57. The molecule has 1 aromatic carbocycles. The lowest BCUT2D eigenvalue weighted by molar-refractivity contribution is 0.730. The maximum absolute atomic E-state index is 4.57. The van der Waals surface area contributed by atoms with Crippen LogP contribution in [0, 0.1) is 0 Å². The van der Waals surface area contributed by atoms with Crippen molar-refractivity contribution in [2.75, 3.05) is 13.1 Å². The summed E-state index contributed by atoms with van der Waals surface area (Å²) in [5.74, 6) is 0.894. The Morgan fingerprint density at radius 2 is 2.11 bits per heavy atom. The van der Waals surface area contributed by atoms with Gasteiger partial charge in [-0.25, -0.2) is 4.99 Å². The van der Waals surface area contributed by atoms with Crippen molar-refractivity contribution in [1.29, 1.82) is 0 Å². The van der Waals surface area contributed by atoms with E-state index in [0.29, 0.717) is 6.54 Å². The summed E-state index contributed by atoms with van der Waals surface area (Å²) in [6.45, 7) is 6.82. The number of guanidine groups is 1. The van der Waals surface area contributed by atoms with Crippen LogP contribution in [0.2, 0.25) is 0 Å². The highest BCUT2D eigenvalue weighted by Crippen LogP contribution is 2.12. The Hall–Kier alpha value is -1.03. The summed E-state index contributed by atoms with van der Waals surface area (Å²) >= 11 is 3.47. The van der Waals surface area contributed by atoms with Gasteiger partial charge in [0.15, 0.2) is 5.96 Å². The third-order valence-corrected chi connectivity index (χ3v) is 2.97. The molecule has 1 aromatic rings. The first-order chi connectivity index (χ1) is 8.76. The average Bonchev–Trinajstić information content (AvgIpc) is 2.36. The molecule has 0 bridgehead atoms. The second-order valence-electron chi connectivity index (χ2n) is 4.11. The molecule has 0 atom stereocenters. The molecule has 0 aromatic heterocycles. The van der Waals surface area contributed by atoms with Crippen LogP contribution in [-0.2, 0) is 6.54 Å². The second kappa shape index (κ2) is 8.97. The number of unbranched alkanes of at least 4 members (excludes halogenated alkanes) is 1. The Kier molecular flexibility index (Phi) is 7.49. The number of rotatable bonds is 6.